The van der Waals surface area contributed by atoms with E-state index in [2.05, 4.69) is 9.97 Å². The van der Waals surface area contributed by atoms with Gasteiger partial charge >= 0.3 is 0 Å². The fourth-order valence-electron chi connectivity index (χ4n) is 4.87. The van der Waals surface area contributed by atoms with Crippen LogP contribution in [0.1, 0.15) is 30.1 Å². The quantitative estimate of drug-likeness (QED) is 0.287. The first-order valence-corrected chi connectivity index (χ1v) is 13.2. The van der Waals surface area contributed by atoms with Gasteiger partial charge in [-0.3, -0.25) is 0 Å². The molecule has 204 valence electrons. The Morgan fingerprint density at radius 2 is 1.80 bits per heavy atom. The lowest BCUT2D eigenvalue weighted by molar-refractivity contribution is -0.678. The van der Waals surface area contributed by atoms with E-state index < -0.39 is 5.82 Å². The second-order valence-corrected chi connectivity index (χ2v) is 9.92. The highest BCUT2D eigenvalue weighted by Crippen LogP contribution is 2.35. The summed E-state index contributed by atoms with van der Waals surface area (Å²) in [6.45, 7) is 3.71. The molecule has 10 heteroatoms. The second-order valence-electron chi connectivity index (χ2n) is 9.92. The molecule has 0 unspecified atom stereocenters. The minimum Gasteiger partial charge on any atom is -0.488 e. The van der Waals surface area contributed by atoms with Gasteiger partial charge in [0.25, 0.3) is 0 Å². The van der Waals surface area contributed by atoms with Crippen LogP contribution < -0.4 is 19.8 Å². The predicted octanol–water partition coefficient (Wildman–Crippen LogP) is 5.07. The zero-order valence-electron chi connectivity index (χ0n) is 22.4. The first-order chi connectivity index (χ1) is 19.4. The standard InChI is InChI=1S/C30H30FN6O3/c1-19-3-4-20(16-36(19)2)17-39-25-13-22(31)14-26(15-25)40-24-7-5-21(6-8-24)28-27-29(32)33-18-34-30(27)37(35-28)23-9-11-38-12-10-23/h3-8,13-16,18,23H,9-12,17H2,1-2H3,(H2,32,33,34)/q+1. The Labute approximate surface area is 231 Å². The topological polar surface area (TPSA) is 101 Å². The molecule has 1 aliphatic heterocycles. The molecule has 0 radical (unpaired) electrons. The number of nitrogen functional groups attached to an aromatic ring is 1. The third kappa shape index (κ3) is 5.30. The van der Waals surface area contributed by atoms with Crippen molar-refractivity contribution in [3.05, 3.63) is 84.2 Å². The van der Waals surface area contributed by atoms with Crippen molar-refractivity contribution in [3.63, 3.8) is 0 Å². The van der Waals surface area contributed by atoms with Crippen molar-refractivity contribution < 1.29 is 23.2 Å². The third-order valence-corrected chi connectivity index (χ3v) is 7.12. The first kappa shape index (κ1) is 25.7. The zero-order valence-corrected chi connectivity index (χ0v) is 22.4. The molecule has 40 heavy (non-hydrogen) atoms. The van der Waals surface area contributed by atoms with Gasteiger partial charge in [0.1, 0.15) is 54.6 Å². The number of aromatic nitrogens is 5. The molecule has 0 saturated carbocycles. The Kier molecular flexibility index (Phi) is 7.00. The van der Waals surface area contributed by atoms with Crippen LogP contribution in [-0.4, -0.2) is 33.0 Å². The van der Waals surface area contributed by atoms with Gasteiger partial charge in [-0.15, -0.1) is 0 Å². The maximum absolute atomic E-state index is 14.4. The SMILES string of the molecule is Cc1ccc(COc2cc(F)cc(Oc3ccc(-c4nn(C5CCOCC5)c5ncnc(N)c45)cc3)c2)c[n+]1C. The number of nitrogens with two attached hydrogens (primary N) is 1. The molecule has 2 aromatic carbocycles. The Bertz CT molecular complexity index is 1660. The molecule has 1 aliphatic rings. The molecule has 0 aliphatic carbocycles. The maximum atomic E-state index is 14.4. The van der Waals surface area contributed by atoms with Gasteiger partial charge in [0.05, 0.1) is 17.0 Å². The Morgan fingerprint density at radius 1 is 1.02 bits per heavy atom. The zero-order chi connectivity index (χ0) is 27.6. The van der Waals surface area contributed by atoms with Crippen LogP contribution in [-0.2, 0) is 18.4 Å². The van der Waals surface area contributed by atoms with E-state index in [4.69, 9.17) is 25.0 Å². The highest BCUT2D eigenvalue weighted by molar-refractivity contribution is 5.98. The van der Waals surface area contributed by atoms with Gasteiger partial charge in [-0.2, -0.15) is 5.10 Å². The fraction of sp³-hybridized carbons (Fsp3) is 0.267. The van der Waals surface area contributed by atoms with Gasteiger partial charge in [0.2, 0.25) is 0 Å². The Balaban J connectivity index is 1.22. The molecule has 0 bridgehead atoms. The van der Waals surface area contributed by atoms with Crippen molar-refractivity contribution in [1.29, 1.82) is 0 Å². The number of rotatable bonds is 7. The number of hydrogen-bond acceptors (Lipinski definition) is 7. The highest BCUT2D eigenvalue weighted by Gasteiger charge is 2.24. The Hall–Kier alpha value is -4.57. The summed E-state index contributed by atoms with van der Waals surface area (Å²) in [4.78, 5) is 8.69. The number of aryl methyl sites for hydroxylation is 2. The monoisotopic (exact) mass is 541 g/mol. The van der Waals surface area contributed by atoms with E-state index in [-0.39, 0.29) is 6.04 Å². The van der Waals surface area contributed by atoms with Crippen molar-refractivity contribution in [3.8, 4) is 28.5 Å². The van der Waals surface area contributed by atoms with E-state index in [1.54, 1.807) is 6.07 Å². The van der Waals surface area contributed by atoms with Crippen LogP contribution in [0.5, 0.6) is 17.2 Å². The molecular weight excluding hydrogens is 511 g/mol. The van der Waals surface area contributed by atoms with E-state index in [0.717, 1.165) is 35.0 Å². The van der Waals surface area contributed by atoms with Crippen LogP contribution in [0.4, 0.5) is 10.2 Å². The molecule has 1 fully saturated rings. The molecule has 4 heterocycles. The second kappa shape index (κ2) is 10.9. The van der Waals surface area contributed by atoms with Crippen LogP contribution in [0.3, 0.4) is 0 Å². The number of fused-ring (bicyclic) bond motifs is 1. The Morgan fingerprint density at radius 3 is 2.58 bits per heavy atom. The van der Waals surface area contributed by atoms with E-state index in [1.165, 1.54) is 18.5 Å². The average Bonchev–Trinajstić information content (AvgIpc) is 3.35. The smallest absolute Gasteiger partial charge is 0.177 e. The molecule has 1 saturated heterocycles. The van der Waals surface area contributed by atoms with Crippen molar-refractivity contribution in [2.24, 2.45) is 7.05 Å². The number of nitrogens with zero attached hydrogens (tertiary/aromatic N) is 5. The van der Waals surface area contributed by atoms with E-state index in [1.807, 2.05) is 65.8 Å². The van der Waals surface area contributed by atoms with Crippen LogP contribution in [0, 0.1) is 12.7 Å². The van der Waals surface area contributed by atoms with Gasteiger partial charge in [-0.1, -0.05) is 0 Å². The number of halogens is 1. The number of anilines is 1. The van der Waals surface area contributed by atoms with Gasteiger partial charge < -0.3 is 19.9 Å². The van der Waals surface area contributed by atoms with Crippen molar-refractivity contribution >= 4 is 16.9 Å². The highest BCUT2D eigenvalue weighted by atomic mass is 19.1. The van der Waals surface area contributed by atoms with E-state index in [9.17, 15) is 4.39 Å². The van der Waals surface area contributed by atoms with Gasteiger partial charge in [-0.25, -0.2) is 23.6 Å². The predicted molar refractivity (Wildman–Crippen MR) is 147 cm³/mol. The fourth-order valence-corrected chi connectivity index (χ4v) is 4.87. The van der Waals surface area contributed by atoms with Crippen molar-refractivity contribution in [2.45, 2.75) is 32.4 Å². The van der Waals surface area contributed by atoms with E-state index in [0.29, 0.717) is 54.2 Å². The van der Waals surface area contributed by atoms with Crippen LogP contribution >= 0.6 is 0 Å². The lowest BCUT2D eigenvalue weighted by atomic mass is 10.1. The van der Waals surface area contributed by atoms with E-state index >= 15 is 0 Å². The van der Waals surface area contributed by atoms with Crippen LogP contribution in [0.25, 0.3) is 22.3 Å². The van der Waals surface area contributed by atoms with Gasteiger partial charge in [-0.05, 0) is 43.2 Å². The molecule has 0 atom stereocenters. The number of ether oxygens (including phenoxy) is 3. The molecule has 6 rings (SSSR count). The molecule has 9 nitrogen and oxygen atoms in total. The first-order valence-electron chi connectivity index (χ1n) is 13.2. The van der Waals surface area contributed by atoms with Crippen LogP contribution in [0.15, 0.2) is 67.1 Å². The summed E-state index contributed by atoms with van der Waals surface area (Å²) in [6.07, 6.45) is 5.17. The molecule has 5 aromatic rings. The summed E-state index contributed by atoms with van der Waals surface area (Å²) in [5.74, 6) is 1.20. The lowest BCUT2D eigenvalue weighted by Crippen LogP contribution is -2.31. The summed E-state index contributed by atoms with van der Waals surface area (Å²) >= 11 is 0. The minimum absolute atomic E-state index is 0.181. The number of pyridine rings is 1. The molecule has 0 spiro atoms. The number of benzene rings is 2. The average molecular weight is 542 g/mol. The van der Waals surface area contributed by atoms with Gasteiger partial charge in [0.15, 0.2) is 17.5 Å². The lowest BCUT2D eigenvalue weighted by Gasteiger charge is -2.22. The summed E-state index contributed by atoms with van der Waals surface area (Å²) in [5.41, 5.74) is 10.6. The molecule has 0 amide bonds. The van der Waals surface area contributed by atoms with Crippen molar-refractivity contribution in [2.75, 3.05) is 18.9 Å². The molecule has 2 N–H and O–H groups in total. The minimum atomic E-state index is -0.445. The number of hydrogen-bond donors (Lipinski definition) is 1. The summed E-state index contributed by atoms with van der Waals surface area (Å²) in [5, 5.41) is 5.63. The third-order valence-electron chi connectivity index (χ3n) is 7.12. The maximum Gasteiger partial charge on any atom is 0.177 e. The summed E-state index contributed by atoms with van der Waals surface area (Å²) in [6, 6.07) is 15.9. The largest absolute Gasteiger partial charge is 0.488 e. The van der Waals surface area contributed by atoms with Crippen LogP contribution in [0.2, 0.25) is 0 Å². The normalized spacial score (nSPS) is 14.0. The summed E-state index contributed by atoms with van der Waals surface area (Å²) in [7, 11) is 1.97. The van der Waals surface area contributed by atoms with Gasteiger partial charge in [0, 0.05) is 50.0 Å². The molecular formula is C30H30FN6O3+. The summed E-state index contributed by atoms with van der Waals surface area (Å²) < 4.78 is 35.7. The van der Waals surface area contributed by atoms with Crippen molar-refractivity contribution in [1.82, 2.24) is 19.7 Å². The molecule has 3 aromatic heterocycles.